The first-order chi connectivity index (χ1) is 35.8. The molecule has 0 bridgehead atoms. The van der Waals surface area contributed by atoms with E-state index in [1.807, 2.05) is 221 Å². The van der Waals surface area contributed by atoms with Crippen molar-refractivity contribution in [3.05, 3.63) is 250 Å². The van der Waals surface area contributed by atoms with E-state index in [2.05, 4.69) is 48.5 Å². The number of aryl methyl sites for hydroxylation is 8. The van der Waals surface area contributed by atoms with E-state index in [4.69, 9.17) is 29.9 Å². The number of carbonyl (C=O) groups is 1. The fourth-order valence-corrected chi connectivity index (χ4v) is 9.07. The summed E-state index contributed by atoms with van der Waals surface area (Å²) >= 11 is 0. The molecule has 0 saturated heterocycles. The fourth-order valence-electron chi connectivity index (χ4n) is 9.07. The van der Waals surface area contributed by atoms with Crippen molar-refractivity contribution in [2.45, 2.75) is 55.4 Å². The highest BCUT2D eigenvalue weighted by Crippen LogP contribution is 2.40. The predicted octanol–water partition coefficient (Wildman–Crippen LogP) is 15.6. The molecule has 8 aromatic carbocycles. The average molecular weight is 969 g/mol. The number of hydrogen-bond donors (Lipinski definition) is 0. The van der Waals surface area contributed by atoms with Crippen LogP contribution in [0.4, 0.5) is 69.3 Å². The maximum absolute atomic E-state index is 16.1. The van der Waals surface area contributed by atoms with Crippen molar-refractivity contribution < 1.29 is 4.79 Å². The minimum absolute atomic E-state index is 0.168. The Bertz CT molecular complexity index is 3060. The summed E-state index contributed by atoms with van der Waals surface area (Å²) in [6.45, 7) is 16.4. The second kappa shape index (κ2) is 20.8. The van der Waals surface area contributed by atoms with Gasteiger partial charge in [-0.15, -0.1) is 0 Å². The summed E-state index contributed by atoms with van der Waals surface area (Å²) in [7, 11) is 0. The van der Waals surface area contributed by atoms with E-state index in [0.29, 0.717) is 0 Å². The van der Waals surface area contributed by atoms with Crippen LogP contribution in [-0.2, 0) is 0 Å². The second-order valence-electron chi connectivity index (χ2n) is 18.9. The number of aromatic nitrogens is 6. The molecule has 0 saturated carbocycles. The minimum Gasteiger partial charge on any atom is -0.281 e. The Labute approximate surface area is 433 Å². The predicted molar refractivity (Wildman–Crippen MR) is 300 cm³/mol. The average Bonchev–Trinajstić information content (AvgIpc) is 3.37. The molecule has 0 radical (unpaired) electrons. The number of carbonyl (C=O) groups excluding carboxylic acids is 1. The van der Waals surface area contributed by atoms with E-state index in [1.54, 1.807) is 0 Å². The maximum atomic E-state index is 16.1. The summed E-state index contributed by atoms with van der Waals surface area (Å²) in [4.78, 5) is 55.2. The number of ketones is 1. The maximum Gasteiger partial charge on any atom is 0.267 e. The SMILES string of the molecule is Cc1cccc(N(c2cccc(C)c2)c2nc(C(=O)c3nc(N(c4cccc(C)c4)c4cccc(C)c4)nc(N(c4cccc(C)c4)c4cccc(C)c4)n3)nc(N(c3cccc(C)c3)c3cccc(C)c3)n2)c1. The molecular weight excluding hydrogens is 913 g/mol. The molecule has 0 unspecified atom stereocenters. The van der Waals surface area contributed by atoms with Gasteiger partial charge in [0.2, 0.25) is 35.4 Å². The van der Waals surface area contributed by atoms with E-state index < -0.39 is 5.78 Å². The number of benzene rings is 8. The summed E-state index contributed by atoms with van der Waals surface area (Å²) in [5, 5.41) is 0. The second-order valence-corrected chi connectivity index (χ2v) is 18.9. The van der Waals surface area contributed by atoms with E-state index in [9.17, 15) is 0 Å². The highest BCUT2D eigenvalue weighted by atomic mass is 16.1. The van der Waals surface area contributed by atoms with Gasteiger partial charge in [0, 0.05) is 45.5 Å². The van der Waals surface area contributed by atoms with Crippen LogP contribution in [0.5, 0.6) is 0 Å². The molecule has 10 aromatic rings. The molecular formula is C63H56N10O. The molecule has 364 valence electrons. The first kappa shape index (κ1) is 48.3. The summed E-state index contributed by atoms with van der Waals surface area (Å²) in [5.41, 5.74) is 14.7. The Kier molecular flexibility index (Phi) is 13.6. The van der Waals surface area contributed by atoms with Crippen molar-refractivity contribution in [1.82, 2.24) is 29.9 Å². The lowest BCUT2D eigenvalue weighted by Crippen LogP contribution is -2.24. The van der Waals surface area contributed by atoms with Gasteiger partial charge in [0.1, 0.15) is 0 Å². The van der Waals surface area contributed by atoms with E-state index in [0.717, 1.165) is 90.0 Å². The minimum atomic E-state index is -0.636. The summed E-state index contributed by atoms with van der Waals surface area (Å²) in [6.07, 6.45) is 0. The van der Waals surface area contributed by atoms with Gasteiger partial charge in [0.05, 0.1) is 0 Å². The van der Waals surface area contributed by atoms with Crippen molar-refractivity contribution >= 4 is 75.1 Å². The van der Waals surface area contributed by atoms with Gasteiger partial charge in [0.15, 0.2) is 0 Å². The molecule has 11 heteroatoms. The Balaban J connectivity index is 1.27. The normalized spacial score (nSPS) is 11.0. The van der Waals surface area contributed by atoms with Gasteiger partial charge in [-0.3, -0.25) is 24.4 Å². The Morgan fingerprint density at radius 2 is 0.419 bits per heavy atom. The van der Waals surface area contributed by atoms with Gasteiger partial charge in [-0.25, -0.2) is 0 Å². The lowest BCUT2D eigenvalue weighted by atomic mass is 10.1. The largest absolute Gasteiger partial charge is 0.281 e. The van der Waals surface area contributed by atoms with Gasteiger partial charge in [-0.05, 0) is 197 Å². The first-order valence-electron chi connectivity index (χ1n) is 24.6. The van der Waals surface area contributed by atoms with Crippen molar-refractivity contribution in [3.63, 3.8) is 0 Å². The van der Waals surface area contributed by atoms with E-state index >= 15 is 4.79 Å². The van der Waals surface area contributed by atoms with Crippen LogP contribution in [-0.4, -0.2) is 35.7 Å². The molecule has 0 fully saturated rings. The third-order valence-electron chi connectivity index (χ3n) is 12.5. The fraction of sp³-hybridized carbons (Fsp3) is 0.127. The van der Waals surface area contributed by atoms with Crippen molar-refractivity contribution in [3.8, 4) is 0 Å². The van der Waals surface area contributed by atoms with Gasteiger partial charge in [-0.2, -0.15) is 29.9 Å². The summed E-state index contributed by atoms with van der Waals surface area (Å²) < 4.78 is 0. The van der Waals surface area contributed by atoms with Crippen molar-refractivity contribution in [2.75, 3.05) is 19.6 Å². The topological polar surface area (TPSA) is 107 Å². The van der Waals surface area contributed by atoms with Crippen LogP contribution in [0.1, 0.15) is 61.0 Å². The number of rotatable bonds is 14. The Morgan fingerprint density at radius 1 is 0.257 bits per heavy atom. The van der Waals surface area contributed by atoms with Crippen LogP contribution >= 0.6 is 0 Å². The zero-order valence-electron chi connectivity index (χ0n) is 42.9. The highest BCUT2D eigenvalue weighted by molar-refractivity contribution is 6.05. The van der Waals surface area contributed by atoms with Crippen LogP contribution in [0.2, 0.25) is 0 Å². The van der Waals surface area contributed by atoms with Gasteiger partial charge in [0.25, 0.3) is 5.78 Å². The Morgan fingerprint density at radius 3 is 0.568 bits per heavy atom. The number of anilines is 12. The van der Waals surface area contributed by atoms with Crippen molar-refractivity contribution in [2.24, 2.45) is 0 Å². The molecule has 0 spiro atoms. The molecule has 0 aliphatic rings. The third-order valence-corrected chi connectivity index (χ3v) is 12.5. The van der Waals surface area contributed by atoms with Crippen LogP contribution in [0, 0.1) is 55.4 Å². The third kappa shape index (κ3) is 10.5. The zero-order chi connectivity index (χ0) is 51.5. The van der Waals surface area contributed by atoms with E-state index in [-0.39, 0.29) is 35.4 Å². The van der Waals surface area contributed by atoms with Crippen molar-refractivity contribution in [1.29, 1.82) is 0 Å². The Hall–Kier alpha value is -9.35. The molecule has 2 aromatic heterocycles. The molecule has 0 amide bonds. The van der Waals surface area contributed by atoms with E-state index in [1.165, 1.54) is 0 Å². The molecule has 2 heterocycles. The van der Waals surface area contributed by atoms with Crippen LogP contribution in [0.15, 0.2) is 194 Å². The number of hydrogen-bond acceptors (Lipinski definition) is 11. The molecule has 10 rings (SSSR count). The van der Waals surface area contributed by atoms with Crippen LogP contribution in [0.25, 0.3) is 0 Å². The lowest BCUT2D eigenvalue weighted by Gasteiger charge is -2.28. The standard InChI is InChI=1S/C63H56N10O/c1-41-17-9-25-49(33-41)70(50-26-10-18-42(2)34-50)60-64-58(65-61(68-60)71(51-27-11-19-43(3)35-51)52-28-12-20-44(4)36-52)57(74)59-66-62(72(53-29-13-21-45(5)37-53)54-30-14-22-46(6)38-54)69-63(67-59)73(55-31-15-23-47(7)39-55)56-32-16-24-48(8)40-56/h9-40H,1-8H3. The highest BCUT2D eigenvalue weighted by Gasteiger charge is 2.30. The summed E-state index contributed by atoms with van der Waals surface area (Å²) in [6, 6.07) is 65.1. The molecule has 0 atom stereocenters. The molecule has 0 aliphatic heterocycles. The molecule has 0 aliphatic carbocycles. The van der Waals surface area contributed by atoms with Gasteiger partial charge in [-0.1, -0.05) is 97.1 Å². The zero-order valence-corrected chi connectivity index (χ0v) is 42.9. The number of nitrogens with zero attached hydrogens (tertiary/aromatic N) is 10. The van der Waals surface area contributed by atoms with Gasteiger partial charge < -0.3 is 0 Å². The lowest BCUT2D eigenvalue weighted by molar-refractivity contribution is 0.101. The monoisotopic (exact) mass is 968 g/mol. The van der Waals surface area contributed by atoms with Gasteiger partial charge >= 0.3 is 0 Å². The molecule has 11 nitrogen and oxygen atoms in total. The summed E-state index contributed by atoms with van der Waals surface area (Å²) in [5.74, 6) is -0.0942. The van der Waals surface area contributed by atoms with Crippen LogP contribution in [0.3, 0.4) is 0 Å². The molecule has 0 N–H and O–H groups in total. The van der Waals surface area contributed by atoms with Crippen LogP contribution < -0.4 is 19.6 Å². The smallest absolute Gasteiger partial charge is 0.267 e. The molecule has 74 heavy (non-hydrogen) atoms. The first-order valence-corrected chi connectivity index (χ1v) is 24.6. The quantitative estimate of drug-likeness (QED) is 0.0972.